The molecule has 1 aromatic heterocycles. The second-order valence-electron chi connectivity index (χ2n) is 4.84. The molecule has 1 saturated carbocycles. The molecule has 1 aliphatic carbocycles. The highest BCUT2D eigenvalue weighted by Crippen LogP contribution is 2.39. The maximum atomic E-state index is 11.7. The summed E-state index contributed by atoms with van der Waals surface area (Å²) in [7, 11) is 0. The van der Waals surface area contributed by atoms with Gasteiger partial charge in [-0.25, -0.2) is 14.6 Å². The number of rotatable bonds is 6. The smallest absolute Gasteiger partial charge is 0.329 e. The fourth-order valence-electron chi connectivity index (χ4n) is 1.92. The summed E-state index contributed by atoms with van der Waals surface area (Å²) >= 11 is 0. The number of nitrogens with zero attached hydrogens (tertiary/aromatic N) is 2. The molecule has 1 fully saturated rings. The first-order valence-corrected chi connectivity index (χ1v) is 6.16. The van der Waals surface area contributed by atoms with Crippen LogP contribution in [0.4, 0.5) is 4.79 Å². The molecule has 4 N–H and O–H groups in total. The summed E-state index contributed by atoms with van der Waals surface area (Å²) in [5, 5.41) is 20.7. The zero-order chi connectivity index (χ0) is 13.9. The van der Waals surface area contributed by atoms with Crippen molar-refractivity contribution in [2.45, 2.75) is 31.7 Å². The highest BCUT2D eigenvalue weighted by molar-refractivity contribution is 5.86. The van der Waals surface area contributed by atoms with Gasteiger partial charge in [-0.2, -0.15) is 5.10 Å². The third kappa shape index (κ3) is 3.21. The molecular formula is C11H17N5O3. The van der Waals surface area contributed by atoms with Crippen LogP contribution in [0.15, 0.2) is 6.33 Å². The third-order valence-corrected chi connectivity index (χ3v) is 3.32. The molecule has 1 atom stereocenters. The van der Waals surface area contributed by atoms with Crippen molar-refractivity contribution in [3.63, 3.8) is 0 Å². The van der Waals surface area contributed by atoms with E-state index in [-0.39, 0.29) is 5.92 Å². The largest absolute Gasteiger partial charge is 0.480 e. The minimum atomic E-state index is -1.18. The predicted octanol–water partition coefficient (Wildman–Crippen LogP) is -0.100. The molecule has 1 heterocycles. The number of hydrogen-bond donors (Lipinski definition) is 4. The zero-order valence-electron chi connectivity index (χ0n) is 10.6. The van der Waals surface area contributed by atoms with E-state index in [1.165, 1.54) is 6.33 Å². The second-order valence-corrected chi connectivity index (χ2v) is 4.84. The lowest BCUT2D eigenvalue weighted by Crippen LogP contribution is -2.56. The number of H-pyrrole nitrogens is 1. The Morgan fingerprint density at radius 2 is 2.32 bits per heavy atom. The normalized spacial score (nSPS) is 17.5. The van der Waals surface area contributed by atoms with Crippen LogP contribution in [0.2, 0.25) is 0 Å². The number of carboxylic acids is 1. The van der Waals surface area contributed by atoms with Gasteiger partial charge < -0.3 is 15.7 Å². The molecule has 0 aliphatic heterocycles. The molecule has 19 heavy (non-hydrogen) atoms. The number of carbonyl (C=O) groups excluding carboxylic acids is 1. The van der Waals surface area contributed by atoms with Gasteiger partial charge in [-0.1, -0.05) is 0 Å². The summed E-state index contributed by atoms with van der Waals surface area (Å²) in [6.45, 7) is 1.91. The Morgan fingerprint density at radius 3 is 2.84 bits per heavy atom. The minimum absolute atomic E-state index is 0.0185. The fourth-order valence-corrected chi connectivity index (χ4v) is 1.92. The molecule has 0 aromatic carbocycles. The molecule has 1 aromatic rings. The van der Waals surface area contributed by atoms with Crippen molar-refractivity contribution in [3.05, 3.63) is 12.2 Å². The number of aromatic nitrogens is 3. The van der Waals surface area contributed by atoms with Crippen molar-refractivity contribution in [1.29, 1.82) is 0 Å². The quantitative estimate of drug-likeness (QED) is 0.573. The van der Waals surface area contributed by atoms with Gasteiger partial charge in [0.05, 0.1) is 0 Å². The van der Waals surface area contributed by atoms with Crippen LogP contribution < -0.4 is 10.6 Å². The van der Waals surface area contributed by atoms with Crippen LogP contribution in [-0.4, -0.2) is 44.4 Å². The van der Waals surface area contributed by atoms with Crippen molar-refractivity contribution in [2.75, 3.05) is 6.54 Å². The molecule has 1 aliphatic rings. The van der Waals surface area contributed by atoms with Crippen LogP contribution in [0.3, 0.4) is 0 Å². The summed E-state index contributed by atoms with van der Waals surface area (Å²) in [5.41, 5.74) is -1.18. The molecule has 2 amide bonds. The summed E-state index contributed by atoms with van der Waals surface area (Å²) in [5.74, 6) is -0.311. The van der Waals surface area contributed by atoms with E-state index >= 15 is 0 Å². The van der Waals surface area contributed by atoms with E-state index < -0.39 is 17.5 Å². The first-order chi connectivity index (χ1) is 9.02. The molecule has 2 rings (SSSR count). The van der Waals surface area contributed by atoms with Gasteiger partial charge in [0.2, 0.25) is 0 Å². The van der Waals surface area contributed by atoms with Crippen LogP contribution in [0.25, 0.3) is 0 Å². The van der Waals surface area contributed by atoms with Crippen LogP contribution in [-0.2, 0) is 11.2 Å². The number of aromatic amines is 1. The Labute approximate surface area is 110 Å². The highest BCUT2D eigenvalue weighted by Gasteiger charge is 2.48. The van der Waals surface area contributed by atoms with Crippen molar-refractivity contribution >= 4 is 12.0 Å². The van der Waals surface area contributed by atoms with E-state index in [1.54, 1.807) is 6.92 Å². The topological polar surface area (TPSA) is 120 Å². The molecule has 0 saturated heterocycles. The summed E-state index contributed by atoms with van der Waals surface area (Å²) < 4.78 is 0. The Balaban J connectivity index is 1.78. The van der Waals surface area contributed by atoms with E-state index in [1.807, 2.05) is 0 Å². The first-order valence-electron chi connectivity index (χ1n) is 6.16. The van der Waals surface area contributed by atoms with Gasteiger partial charge in [-0.05, 0) is 25.7 Å². The van der Waals surface area contributed by atoms with Crippen LogP contribution >= 0.6 is 0 Å². The van der Waals surface area contributed by atoms with Crippen molar-refractivity contribution in [3.8, 4) is 0 Å². The van der Waals surface area contributed by atoms with E-state index in [0.29, 0.717) is 18.8 Å². The molecular weight excluding hydrogens is 250 g/mol. The Hall–Kier alpha value is -2.12. The fraction of sp³-hybridized carbons (Fsp3) is 0.636. The van der Waals surface area contributed by atoms with E-state index in [9.17, 15) is 14.7 Å². The monoisotopic (exact) mass is 267 g/mol. The Bertz CT molecular complexity index is 457. The van der Waals surface area contributed by atoms with Gasteiger partial charge in [0, 0.05) is 13.0 Å². The number of carboxylic acid groups (broad SMARTS) is 1. The summed E-state index contributed by atoms with van der Waals surface area (Å²) in [4.78, 5) is 26.8. The van der Waals surface area contributed by atoms with Crippen LogP contribution in [0.5, 0.6) is 0 Å². The molecule has 0 spiro atoms. The van der Waals surface area contributed by atoms with Crippen molar-refractivity contribution in [2.24, 2.45) is 5.92 Å². The van der Waals surface area contributed by atoms with E-state index in [2.05, 4.69) is 25.8 Å². The molecule has 1 unspecified atom stereocenters. The van der Waals surface area contributed by atoms with Gasteiger partial charge in [0.1, 0.15) is 17.7 Å². The van der Waals surface area contributed by atoms with Gasteiger partial charge in [0.25, 0.3) is 0 Å². The highest BCUT2D eigenvalue weighted by atomic mass is 16.4. The van der Waals surface area contributed by atoms with E-state index in [4.69, 9.17) is 0 Å². The predicted molar refractivity (Wildman–Crippen MR) is 65.4 cm³/mol. The molecule has 0 radical (unpaired) electrons. The minimum Gasteiger partial charge on any atom is -0.480 e. The molecule has 0 bridgehead atoms. The molecule has 104 valence electrons. The van der Waals surface area contributed by atoms with Crippen molar-refractivity contribution in [1.82, 2.24) is 25.8 Å². The zero-order valence-corrected chi connectivity index (χ0v) is 10.6. The lowest BCUT2D eigenvalue weighted by Gasteiger charge is -2.26. The lowest BCUT2D eigenvalue weighted by molar-refractivity contribution is -0.144. The average molecular weight is 267 g/mol. The van der Waals surface area contributed by atoms with Gasteiger partial charge in [-0.15, -0.1) is 0 Å². The number of amides is 2. The maximum absolute atomic E-state index is 11.7. The summed E-state index contributed by atoms with van der Waals surface area (Å²) in [6, 6.07) is -0.476. The molecule has 8 nitrogen and oxygen atoms in total. The number of aliphatic carboxylic acids is 1. The maximum Gasteiger partial charge on any atom is 0.329 e. The number of hydrogen-bond acceptors (Lipinski definition) is 4. The standard InChI is InChI=1S/C11H17N5O3/c1-11(9(17)18,7-2-3-7)15-10(19)12-5-4-8-13-6-14-16-8/h6-7H,2-5H2,1H3,(H,17,18)(H2,12,15,19)(H,13,14,16). The van der Waals surface area contributed by atoms with Crippen LogP contribution in [0.1, 0.15) is 25.6 Å². The third-order valence-electron chi connectivity index (χ3n) is 3.32. The number of nitrogens with one attached hydrogen (secondary N) is 3. The second kappa shape index (κ2) is 5.25. The number of urea groups is 1. The number of carbonyl (C=O) groups is 2. The average Bonchev–Trinajstić information content (AvgIpc) is 3.08. The Morgan fingerprint density at radius 1 is 1.58 bits per heavy atom. The van der Waals surface area contributed by atoms with E-state index in [0.717, 1.165) is 12.8 Å². The SMILES string of the molecule is CC(NC(=O)NCCc1ncn[nH]1)(C(=O)O)C1CC1. The Kier molecular flexibility index (Phi) is 3.68. The lowest BCUT2D eigenvalue weighted by atomic mass is 9.96. The van der Waals surface area contributed by atoms with Gasteiger partial charge >= 0.3 is 12.0 Å². The van der Waals surface area contributed by atoms with Gasteiger partial charge in [0.15, 0.2) is 0 Å². The van der Waals surface area contributed by atoms with Crippen LogP contribution in [0, 0.1) is 5.92 Å². The van der Waals surface area contributed by atoms with Crippen molar-refractivity contribution < 1.29 is 14.7 Å². The van der Waals surface area contributed by atoms with Gasteiger partial charge in [-0.3, -0.25) is 5.10 Å². The molecule has 8 heteroatoms. The summed E-state index contributed by atoms with van der Waals surface area (Å²) in [6.07, 6.45) is 3.58. The first kappa shape index (κ1) is 13.3.